The number of nitrogens with zero attached hydrogens (tertiary/aromatic N) is 1. The van der Waals surface area contributed by atoms with E-state index in [0.29, 0.717) is 17.9 Å². The first-order valence-electron chi connectivity index (χ1n) is 8.21. The molecule has 6 nitrogen and oxygen atoms in total. The lowest BCUT2D eigenvalue weighted by Gasteiger charge is -2.20. The molecule has 0 aliphatic heterocycles. The maximum absolute atomic E-state index is 12.7. The van der Waals surface area contributed by atoms with Crippen LogP contribution in [0, 0.1) is 6.92 Å². The molecule has 0 heterocycles. The Morgan fingerprint density at radius 3 is 2.23 bits per heavy atom. The summed E-state index contributed by atoms with van der Waals surface area (Å²) in [5, 5.41) is 2.81. The molecule has 2 rings (SSSR count). The van der Waals surface area contributed by atoms with E-state index in [1.54, 1.807) is 55.6 Å². The van der Waals surface area contributed by atoms with Crippen LogP contribution >= 0.6 is 0 Å². The van der Waals surface area contributed by atoms with Crippen LogP contribution in [0.25, 0.3) is 0 Å². The van der Waals surface area contributed by atoms with Gasteiger partial charge in [0, 0.05) is 25.8 Å². The maximum atomic E-state index is 12.7. The van der Waals surface area contributed by atoms with E-state index in [9.17, 15) is 13.2 Å². The number of nitrogens with one attached hydrogen (secondary N) is 1. The molecule has 2 aromatic carbocycles. The van der Waals surface area contributed by atoms with Crippen LogP contribution in [0.4, 0.5) is 5.69 Å². The van der Waals surface area contributed by atoms with Crippen LogP contribution in [0.15, 0.2) is 53.4 Å². The number of carbonyl (C=O) groups is 1. The molecule has 0 saturated carbocycles. The Bertz CT molecular complexity index is 846. The Kier molecular flexibility index (Phi) is 6.39. The molecule has 1 amide bonds. The number of sulfonamides is 1. The predicted molar refractivity (Wildman–Crippen MR) is 102 cm³/mol. The second-order valence-corrected chi connectivity index (χ2v) is 8.13. The fourth-order valence-electron chi connectivity index (χ4n) is 2.43. The van der Waals surface area contributed by atoms with Gasteiger partial charge in [-0.1, -0.05) is 17.7 Å². The average molecular weight is 376 g/mol. The summed E-state index contributed by atoms with van der Waals surface area (Å²) in [4.78, 5) is 12.4. The van der Waals surface area contributed by atoms with E-state index >= 15 is 0 Å². The molecular weight excluding hydrogens is 352 g/mol. The van der Waals surface area contributed by atoms with Crippen LogP contribution < -0.4 is 9.62 Å². The molecule has 0 aliphatic carbocycles. The number of benzene rings is 2. The van der Waals surface area contributed by atoms with Gasteiger partial charge in [0.15, 0.2) is 0 Å². The number of amides is 1. The third-order valence-electron chi connectivity index (χ3n) is 3.97. The molecule has 0 aliphatic rings. The zero-order valence-corrected chi connectivity index (χ0v) is 16.2. The molecule has 1 atom stereocenters. The monoisotopic (exact) mass is 376 g/mol. The van der Waals surface area contributed by atoms with E-state index in [2.05, 4.69) is 5.32 Å². The molecule has 7 heteroatoms. The van der Waals surface area contributed by atoms with Crippen molar-refractivity contribution >= 4 is 21.6 Å². The lowest BCUT2D eigenvalue weighted by Crippen LogP contribution is -2.35. The van der Waals surface area contributed by atoms with Crippen LogP contribution in [0.3, 0.4) is 0 Å². The highest BCUT2D eigenvalue weighted by atomic mass is 32.2. The summed E-state index contributed by atoms with van der Waals surface area (Å²) in [6, 6.07) is 13.0. The van der Waals surface area contributed by atoms with Gasteiger partial charge < -0.3 is 10.1 Å². The van der Waals surface area contributed by atoms with Gasteiger partial charge in [-0.25, -0.2) is 8.42 Å². The minimum absolute atomic E-state index is 0.114. The fourth-order valence-corrected chi connectivity index (χ4v) is 3.62. The molecule has 1 N–H and O–H groups in total. The average Bonchev–Trinajstić information content (AvgIpc) is 2.61. The van der Waals surface area contributed by atoms with Crippen LogP contribution in [-0.2, 0) is 14.8 Å². The van der Waals surface area contributed by atoms with Crippen LogP contribution in [0.5, 0.6) is 0 Å². The first-order chi connectivity index (χ1) is 12.3. The normalized spacial score (nSPS) is 12.5. The van der Waals surface area contributed by atoms with E-state index in [1.807, 2.05) is 13.8 Å². The third kappa shape index (κ3) is 4.62. The molecule has 0 bridgehead atoms. The van der Waals surface area contributed by atoms with Gasteiger partial charge in [-0.15, -0.1) is 0 Å². The van der Waals surface area contributed by atoms with Crippen molar-refractivity contribution in [3.05, 3.63) is 59.7 Å². The Balaban J connectivity index is 2.16. The van der Waals surface area contributed by atoms with Gasteiger partial charge >= 0.3 is 0 Å². The van der Waals surface area contributed by atoms with Gasteiger partial charge in [-0.05, 0) is 50.2 Å². The predicted octanol–water partition coefficient (Wildman–Crippen LogP) is 2.58. The Morgan fingerprint density at radius 1 is 1.12 bits per heavy atom. The van der Waals surface area contributed by atoms with Crippen molar-refractivity contribution in [1.82, 2.24) is 5.32 Å². The first-order valence-corrected chi connectivity index (χ1v) is 9.65. The summed E-state index contributed by atoms with van der Waals surface area (Å²) in [7, 11) is -0.590. The lowest BCUT2D eigenvalue weighted by atomic mass is 10.2. The highest BCUT2D eigenvalue weighted by molar-refractivity contribution is 7.92. The highest BCUT2D eigenvalue weighted by Crippen LogP contribution is 2.22. The second-order valence-electron chi connectivity index (χ2n) is 6.16. The number of ether oxygens (including phenoxy) is 1. The molecule has 26 heavy (non-hydrogen) atoms. The van der Waals surface area contributed by atoms with Crippen molar-refractivity contribution in [3.8, 4) is 0 Å². The van der Waals surface area contributed by atoms with Gasteiger partial charge in [0.1, 0.15) is 0 Å². The Labute approximate surface area is 154 Å². The fraction of sp³-hybridized carbons (Fsp3) is 0.316. The molecule has 140 valence electrons. The lowest BCUT2D eigenvalue weighted by molar-refractivity contribution is 0.0905. The van der Waals surface area contributed by atoms with Crippen molar-refractivity contribution in [3.63, 3.8) is 0 Å². The largest absolute Gasteiger partial charge is 0.383 e. The van der Waals surface area contributed by atoms with Gasteiger partial charge in [-0.3, -0.25) is 9.10 Å². The van der Waals surface area contributed by atoms with Crippen molar-refractivity contribution < 1.29 is 17.9 Å². The molecule has 1 unspecified atom stereocenters. The second kappa shape index (κ2) is 8.33. The number of aryl methyl sites for hydroxylation is 1. The molecule has 0 fully saturated rings. The van der Waals surface area contributed by atoms with E-state index in [0.717, 1.165) is 5.56 Å². The summed E-state index contributed by atoms with van der Waals surface area (Å²) in [5.41, 5.74) is 1.93. The zero-order valence-electron chi connectivity index (χ0n) is 15.4. The number of methoxy groups -OCH3 is 1. The SMILES string of the molecule is COCC(C)NC(=O)c1ccc(N(C)S(=O)(=O)c2ccc(C)cc2)cc1. The zero-order chi connectivity index (χ0) is 19.3. The summed E-state index contributed by atoms with van der Waals surface area (Å²) in [6.07, 6.45) is 0. The summed E-state index contributed by atoms with van der Waals surface area (Å²) in [5.74, 6) is -0.231. The number of rotatable bonds is 7. The molecule has 0 spiro atoms. The maximum Gasteiger partial charge on any atom is 0.264 e. The van der Waals surface area contributed by atoms with Gasteiger partial charge in [0.25, 0.3) is 15.9 Å². The van der Waals surface area contributed by atoms with E-state index in [4.69, 9.17) is 4.74 Å². The van der Waals surface area contributed by atoms with Gasteiger partial charge in [-0.2, -0.15) is 0 Å². The standard InChI is InChI=1S/C19H24N2O4S/c1-14-5-11-18(12-6-14)26(23,24)21(3)17-9-7-16(8-10-17)19(22)20-15(2)13-25-4/h5-12,15H,13H2,1-4H3,(H,20,22). The molecule has 2 aromatic rings. The summed E-state index contributed by atoms with van der Waals surface area (Å²) >= 11 is 0. The Hall–Kier alpha value is -2.38. The molecule has 0 saturated heterocycles. The number of anilines is 1. The van der Waals surface area contributed by atoms with Gasteiger partial charge in [0.05, 0.1) is 17.2 Å². The van der Waals surface area contributed by atoms with Gasteiger partial charge in [0.2, 0.25) is 0 Å². The Morgan fingerprint density at radius 2 is 1.69 bits per heavy atom. The van der Waals surface area contributed by atoms with Crippen molar-refractivity contribution in [2.24, 2.45) is 0 Å². The minimum Gasteiger partial charge on any atom is -0.383 e. The third-order valence-corrected chi connectivity index (χ3v) is 5.77. The van der Waals surface area contributed by atoms with Crippen molar-refractivity contribution in [1.29, 1.82) is 0 Å². The smallest absolute Gasteiger partial charge is 0.264 e. The van der Waals surface area contributed by atoms with Crippen molar-refractivity contribution in [2.75, 3.05) is 25.1 Å². The van der Waals surface area contributed by atoms with E-state index in [1.165, 1.54) is 11.4 Å². The quantitative estimate of drug-likeness (QED) is 0.806. The molecule has 0 radical (unpaired) electrons. The van der Waals surface area contributed by atoms with E-state index < -0.39 is 10.0 Å². The van der Waals surface area contributed by atoms with E-state index in [-0.39, 0.29) is 16.8 Å². The van der Waals surface area contributed by atoms with Crippen LogP contribution in [0.1, 0.15) is 22.8 Å². The minimum atomic E-state index is -3.65. The molecular formula is C19H24N2O4S. The van der Waals surface area contributed by atoms with Crippen LogP contribution in [0.2, 0.25) is 0 Å². The van der Waals surface area contributed by atoms with Crippen molar-refractivity contribution in [2.45, 2.75) is 24.8 Å². The highest BCUT2D eigenvalue weighted by Gasteiger charge is 2.21. The topological polar surface area (TPSA) is 75.7 Å². The summed E-state index contributed by atoms with van der Waals surface area (Å²) < 4.78 is 31.6. The number of hydrogen-bond acceptors (Lipinski definition) is 4. The molecule has 0 aromatic heterocycles. The summed E-state index contributed by atoms with van der Waals surface area (Å²) in [6.45, 7) is 4.16. The number of carbonyl (C=O) groups excluding carboxylic acids is 1. The first kappa shape index (κ1) is 19.9. The number of hydrogen-bond donors (Lipinski definition) is 1. The van der Waals surface area contributed by atoms with Crippen LogP contribution in [-0.4, -0.2) is 41.1 Å².